The van der Waals surface area contributed by atoms with Crippen LogP contribution in [0.1, 0.15) is 19.2 Å². The first kappa shape index (κ1) is 16.9. The van der Waals surface area contributed by atoms with Gasteiger partial charge in [0.1, 0.15) is 10.5 Å². The van der Waals surface area contributed by atoms with Crippen LogP contribution in [0.4, 0.5) is 0 Å². The van der Waals surface area contributed by atoms with Crippen LogP contribution in [-0.2, 0) is 12.3 Å². The van der Waals surface area contributed by atoms with Gasteiger partial charge in [-0.3, -0.25) is 9.78 Å². The quantitative estimate of drug-likeness (QED) is 0.513. The molecule has 7 nitrogen and oxygen atoms in total. The van der Waals surface area contributed by atoms with E-state index in [4.69, 9.17) is 0 Å². The lowest BCUT2D eigenvalue weighted by Gasteiger charge is -2.08. The van der Waals surface area contributed by atoms with Crippen LogP contribution in [0, 0.1) is 0 Å². The molecule has 0 atom stereocenters. The molecule has 0 radical (unpaired) electrons. The summed E-state index contributed by atoms with van der Waals surface area (Å²) in [5.41, 5.74) is 1.63. The van der Waals surface area contributed by atoms with Gasteiger partial charge in [-0.1, -0.05) is 18.7 Å². The van der Waals surface area contributed by atoms with Crippen LogP contribution < -0.4 is 5.56 Å². The number of hydrogen-bond acceptors (Lipinski definition) is 7. The van der Waals surface area contributed by atoms with Gasteiger partial charge in [-0.2, -0.15) is 0 Å². The summed E-state index contributed by atoms with van der Waals surface area (Å²) >= 11 is 2.92. The van der Waals surface area contributed by atoms with Gasteiger partial charge < -0.3 is 9.55 Å². The topological polar surface area (TPSA) is 89.4 Å². The second-order valence-electron chi connectivity index (χ2n) is 5.63. The fraction of sp³-hybridized carbons (Fsp3) is 0.235. The van der Waals surface area contributed by atoms with Crippen molar-refractivity contribution in [2.45, 2.75) is 30.8 Å². The Bertz CT molecular complexity index is 1090. The maximum Gasteiger partial charge on any atom is 0.268 e. The highest BCUT2D eigenvalue weighted by Crippen LogP contribution is 2.26. The van der Waals surface area contributed by atoms with E-state index >= 15 is 0 Å². The van der Waals surface area contributed by atoms with Gasteiger partial charge in [0, 0.05) is 24.5 Å². The minimum absolute atomic E-state index is 0.0897. The van der Waals surface area contributed by atoms with E-state index < -0.39 is 0 Å². The van der Waals surface area contributed by atoms with Crippen molar-refractivity contribution in [3.8, 4) is 11.4 Å². The summed E-state index contributed by atoms with van der Waals surface area (Å²) in [5, 5.41) is 11.4. The summed E-state index contributed by atoms with van der Waals surface area (Å²) in [7, 11) is 0. The van der Waals surface area contributed by atoms with Crippen molar-refractivity contribution in [1.82, 2.24) is 29.7 Å². The molecule has 0 spiro atoms. The Kier molecular flexibility index (Phi) is 4.81. The molecule has 0 aliphatic heterocycles. The summed E-state index contributed by atoms with van der Waals surface area (Å²) < 4.78 is 2.76. The molecular formula is C17H16N6OS2. The smallest absolute Gasteiger partial charge is 0.268 e. The molecule has 26 heavy (non-hydrogen) atoms. The molecule has 4 heterocycles. The van der Waals surface area contributed by atoms with Crippen LogP contribution >= 0.6 is 23.1 Å². The van der Waals surface area contributed by atoms with Gasteiger partial charge in [0.25, 0.3) is 5.56 Å². The molecule has 4 aromatic rings. The fourth-order valence-corrected chi connectivity index (χ4v) is 4.22. The molecule has 0 aliphatic carbocycles. The molecule has 0 saturated heterocycles. The van der Waals surface area contributed by atoms with Crippen LogP contribution in [0.3, 0.4) is 0 Å². The first-order valence-electron chi connectivity index (χ1n) is 8.19. The lowest BCUT2D eigenvalue weighted by molar-refractivity contribution is 0.626. The first-order valence-corrected chi connectivity index (χ1v) is 10.1. The van der Waals surface area contributed by atoms with E-state index in [0.29, 0.717) is 16.3 Å². The molecule has 4 rings (SSSR count). The number of nitrogens with one attached hydrogen (secondary N) is 1. The predicted octanol–water partition coefficient (Wildman–Crippen LogP) is 3.34. The van der Waals surface area contributed by atoms with Crippen molar-refractivity contribution in [2.24, 2.45) is 0 Å². The fourth-order valence-electron chi connectivity index (χ4n) is 2.66. The van der Waals surface area contributed by atoms with Crippen molar-refractivity contribution in [2.75, 3.05) is 0 Å². The second kappa shape index (κ2) is 7.38. The van der Waals surface area contributed by atoms with Gasteiger partial charge in [-0.15, -0.1) is 21.5 Å². The lowest BCUT2D eigenvalue weighted by Crippen LogP contribution is -2.09. The van der Waals surface area contributed by atoms with E-state index in [1.54, 1.807) is 12.4 Å². The van der Waals surface area contributed by atoms with Crippen LogP contribution in [0.5, 0.6) is 0 Å². The number of rotatable bonds is 6. The third-order valence-corrected chi connectivity index (χ3v) is 5.68. The van der Waals surface area contributed by atoms with Gasteiger partial charge in [0.15, 0.2) is 11.0 Å². The molecule has 1 N–H and O–H groups in total. The van der Waals surface area contributed by atoms with E-state index in [1.165, 1.54) is 23.1 Å². The molecule has 0 unspecified atom stereocenters. The Morgan fingerprint density at radius 3 is 2.88 bits per heavy atom. The number of thioether (sulfide) groups is 1. The standard InChI is InChI=1S/C17H16N6OS2/c1-2-8-23-15(11-3-6-18-7-4-11)21-22-17(23)26-10-13-19-12-5-9-25-14(12)16(24)20-13/h3-7,9H,2,8,10H2,1H3,(H,19,20,24). The summed E-state index contributed by atoms with van der Waals surface area (Å²) in [6.45, 7) is 2.94. The Morgan fingerprint density at radius 2 is 2.08 bits per heavy atom. The molecule has 0 saturated carbocycles. The summed E-state index contributed by atoms with van der Waals surface area (Å²) in [6.07, 6.45) is 4.47. The SMILES string of the molecule is CCCn1c(SCc2nc3ccsc3c(=O)[nH]2)nnc1-c1ccncc1. The van der Waals surface area contributed by atoms with Gasteiger partial charge in [0.05, 0.1) is 11.3 Å². The highest BCUT2D eigenvalue weighted by Gasteiger charge is 2.14. The van der Waals surface area contributed by atoms with Crippen LogP contribution in [-0.4, -0.2) is 29.7 Å². The molecule has 9 heteroatoms. The van der Waals surface area contributed by atoms with Crippen LogP contribution in [0.25, 0.3) is 21.6 Å². The molecule has 0 aliphatic rings. The molecule has 0 bridgehead atoms. The summed E-state index contributed by atoms with van der Waals surface area (Å²) in [5.74, 6) is 1.99. The van der Waals surface area contributed by atoms with Gasteiger partial charge in [0.2, 0.25) is 0 Å². The number of aromatic amines is 1. The number of fused-ring (bicyclic) bond motifs is 1. The van der Waals surface area contributed by atoms with Crippen LogP contribution in [0.2, 0.25) is 0 Å². The number of H-pyrrole nitrogens is 1. The number of thiophene rings is 1. The zero-order valence-corrected chi connectivity index (χ0v) is 15.7. The Labute approximate surface area is 157 Å². The average molecular weight is 384 g/mol. The maximum atomic E-state index is 12.1. The maximum absolute atomic E-state index is 12.1. The molecule has 0 fully saturated rings. The molecular weight excluding hydrogens is 368 g/mol. The third-order valence-electron chi connectivity index (χ3n) is 3.80. The molecule has 132 valence electrons. The monoisotopic (exact) mass is 384 g/mol. The average Bonchev–Trinajstić information content (AvgIpc) is 3.28. The molecule has 4 aromatic heterocycles. The van der Waals surface area contributed by atoms with Crippen LogP contribution in [0.15, 0.2) is 45.9 Å². The van der Waals surface area contributed by atoms with E-state index in [-0.39, 0.29) is 5.56 Å². The minimum atomic E-state index is -0.0897. The number of hydrogen-bond donors (Lipinski definition) is 1. The van der Waals surface area contributed by atoms with E-state index in [2.05, 4.69) is 36.6 Å². The number of nitrogens with zero attached hydrogens (tertiary/aromatic N) is 5. The summed E-state index contributed by atoms with van der Waals surface area (Å²) in [6, 6.07) is 5.72. The van der Waals surface area contributed by atoms with Crippen molar-refractivity contribution < 1.29 is 0 Å². The van der Waals surface area contributed by atoms with Gasteiger partial charge >= 0.3 is 0 Å². The van der Waals surface area contributed by atoms with Crippen molar-refractivity contribution in [1.29, 1.82) is 0 Å². The number of pyridine rings is 1. The van der Waals surface area contributed by atoms with E-state index in [1.807, 2.05) is 23.6 Å². The molecule has 0 aromatic carbocycles. The Balaban J connectivity index is 1.61. The first-order chi connectivity index (χ1) is 12.8. The largest absolute Gasteiger partial charge is 0.309 e. The normalized spacial score (nSPS) is 11.3. The lowest BCUT2D eigenvalue weighted by atomic mass is 10.2. The zero-order chi connectivity index (χ0) is 17.9. The number of aromatic nitrogens is 6. The van der Waals surface area contributed by atoms with Crippen molar-refractivity contribution in [3.63, 3.8) is 0 Å². The van der Waals surface area contributed by atoms with Crippen molar-refractivity contribution >= 4 is 33.3 Å². The van der Waals surface area contributed by atoms with Crippen molar-refractivity contribution in [3.05, 3.63) is 52.2 Å². The summed E-state index contributed by atoms with van der Waals surface area (Å²) in [4.78, 5) is 23.5. The molecule has 0 amide bonds. The highest BCUT2D eigenvalue weighted by molar-refractivity contribution is 7.98. The van der Waals surface area contributed by atoms with E-state index in [9.17, 15) is 4.79 Å². The highest BCUT2D eigenvalue weighted by atomic mass is 32.2. The third kappa shape index (κ3) is 3.27. The van der Waals surface area contributed by atoms with E-state index in [0.717, 1.165) is 35.0 Å². The second-order valence-corrected chi connectivity index (χ2v) is 7.49. The zero-order valence-electron chi connectivity index (χ0n) is 14.0. The Morgan fingerprint density at radius 1 is 1.23 bits per heavy atom. The minimum Gasteiger partial charge on any atom is -0.309 e. The van der Waals surface area contributed by atoms with Gasteiger partial charge in [-0.25, -0.2) is 4.98 Å². The Hall–Kier alpha value is -2.52. The predicted molar refractivity (Wildman–Crippen MR) is 103 cm³/mol. The van der Waals surface area contributed by atoms with Gasteiger partial charge in [-0.05, 0) is 30.0 Å².